The Hall–Kier alpha value is -1.20. The number of aldehydes is 1. The predicted molar refractivity (Wildman–Crippen MR) is 73.9 cm³/mol. The number of rotatable bonds is 4. The fraction of sp³-hybridized carbons (Fsp3) is 0.615. The van der Waals surface area contributed by atoms with Gasteiger partial charge in [0.25, 0.3) is 0 Å². The fourth-order valence-corrected chi connectivity index (χ4v) is 2.83. The zero-order valence-corrected chi connectivity index (χ0v) is 11.7. The minimum absolute atomic E-state index is 0.134. The molecular formula is C13H18ClN3O2. The number of aliphatic hydroxyl groups is 1. The topological polar surface area (TPSA) is 66.3 Å². The van der Waals surface area contributed by atoms with Crippen molar-refractivity contribution in [3.05, 3.63) is 16.5 Å². The van der Waals surface area contributed by atoms with Gasteiger partial charge in [-0.3, -0.25) is 4.79 Å². The van der Waals surface area contributed by atoms with Gasteiger partial charge in [0.2, 0.25) is 0 Å². The molecule has 0 saturated carbocycles. The third kappa shape index (κ3) is 3.04. The van der Waals surface area contributed by atoms with Gasteiger partial charge in [0.05, 0.1) is 5.56 Å². The lowest BCUT2D eigenvalue weighted by molar-refractivity contribution is 0.112. The summed E-state index contributed by atoms with van der Waals surface area (Å²) < 4.78 is 0. The molecule has 19 heavy (non-hydrogen) atoms. The van der Waals surface area contributed by atoms with Crippen molar-refractivity contribution in [1.82, 2.24) is 9.97 Å². The maximum Gasteiger partial charge on any atom is 0.156 e. The van der Waals surface area contributed by atoms with Gasteiger partial charge in [-0.05, 0) is 32.6 Å². The van der Waals surface area contributed by atoms with Crippen molar-refractivity contribution in [2.24, 2.45) is 0 Å². The van der Waals surface area contributed by atoms with Crippen molar-refractivity contribution in [2.45, 2.75) is 38.6 Å². The molecule has 0 amide bonds. The number of halogens is 1. The van der Waals surface area contributed by atoms with Crippen molar-refractivity contribution >= 4 is 23.7 Å². The van der Waals surface area contributed by atoms with Crippen molar-refractivity contribution in [3.8, 4) is 0 Å². The molecule has 1 aliphatic heterocycles. The van der Waals surface area contributed by atoms with Crippen LogP contribution in [-0.4, -0.2) is 40.6 Å². The van der Waals surface area contributed by atoms with Gasteiger partial charge in [0.1, 0.15) is 16.8 Å². The Balaban J connectivity index is 2.40. The van der Waals surface area contributed by atoms with E-state index in [0.717, 1.165) is 25.8 Å². The molecule has 1 aromatic rings. The molecule has 0 bridgehead atoms. The number of piperidine rings is 1. The quantitative estimate of drug-likeness (QED) is 0.676. The third-order valence-electron chi connectivity index (χ3n) is 3.47. The maximum atomic E-state index is 11.2. The van der Waals surface area contributed by atoms with Gasteiger partial charge in [0.15, 0.2) is 6.29 Å². The Morgan fingerprint density at radius 3 is 2.95 bits per heavy atom. The molecule has 0 aromatic carbocycles. The minimum atomic E-state index is 0.134. The zero-order chi connectivity index (χ0) is 13.8. The fourth-order valence-electron chi connectivity index (χ4n) is 2.58. The molecule has 1 N–H and O–H groups in total. The molecule has 0 radical (unpaired) electrons. The zero-order valence-electron chi connectivity index (χ0n) is 11.0. The van der Waals surface area contributed by atoms with E-state index in [-0.39, 0.29) is 17.8 Å². The first-order valence-electron chi connectivity index (χ1n) is 6.54. The Labute approximate surface area is 117 Å². The number of hydrogen-bond acceptors (Lipinski definition) is 5. The first-order chi connectivity index (χ1) is 9.17. The highest BCUT2D eigenvalue weighted by atomic mass is 35.5. The Bertz CT molecular complexity index is 465. The molecule has 0 spiro atoms. The summed E-state index contributed by atoms with van der Waals surface area (Å²) in [5.41, 5.74) is 0.345. The molecule has 5 nitrogen and oxygen atoms in total. The second kappa shape index (κ2) is 6.30. The summed E-state index contributed by atoms with van der Waals surface area (Å²) in [6, 6.07) is 0.211. The molecule has 1 aliphatic rings. The molecule has 1 fully saturated rings. The van der Waals surface area contributed by atoms with E-state index in [1.165, 1.54) is 0 Å². The maximum absolute atomic E-state index is 11.2. The van der Waals surface area contributed by atoms with Crippen LogP contribution in [0.25, 0.3) is 0 Å². The van der Waals surface area contributed by atoms with Crippen LogP contribution in [-0.2, 0) is 0 Å². The second-order valence-electron chi connectivity index (χ2n) is 4.77. The number of aryl methyl sites for hydroxylation is 1. The SMILES string of the molecule is Cc1nc(Cl)c(C=O)c(N2CCCCC2CCO)n1. The van der Waals surface area contributed by atoms with Gasteiger partial charge in [-0.1, -0.05) is 11.6 Å². The van der Waals surface area contributed by atoms with E-state index in [1.54, 1.807) is 6.92 Å². The van der Waals surface area contributed by atoms with Crippen LogP contribution in [0.1, 0.15) is 41.9 Å². The summed E-state index contributed by atoms with van der Waals surface area (Å²) in [6.45, 7) is 2.72. The lowest BCUT2D eigenvalue weighted by Crippen LogP contribution is -2.41. The van der Waals surface area contributed by atoms with E-state index in [0.29, 0.717) is 29.9 Å². The molecule has 1 unspecified atom stereocenters. The van der Waals surface area contributed by atoms with Gasteiger partial charge in [0, 0.05) is 19.2 Å². The van der Waals surface area contributed by atoms with E-state index in [1.807, 2.05) is 0 Å². The molecule has 104 valence electrons. The average molecular weight is 284 g/mol. The lowest BCUT2D eigenvalue weighted by Gasteiger charge is -2.37. The Morgan fingerprint density at radius 1 is 1.47 bits per heavy atom. The standard InChI is InChI=1S/C13H18ClN3O2/c1-9-15-12(14)11(8-19)13(16-9)17-6-3-2-4-10(17)5-7-18/h8,10,18H,2-7H2,1H3. The lowest BCUT2D eigenvalue weighted by atomic mass is 9.99. The summed E-state index contributed by atoms with van der Waals surface area (Å²) in [5, 5.41) is 9.36. The minimum Gasteiger partial charge on any atom is -0.396 e. The van der Waals surface area contributed by atoms with Crippen LogP contribution >= 0.6 is 11.6 Å². The molecule has 1 atom stereocenters. The highest BCUT2D eigenvalue weighted by molar-refractivity contribution is 6.32. The summed E-state index contributed by atoms with van der Waals surface area (Å²) in [6.07, 6.45) is 4.58. The molecule has 6 heteroatoms. The number of hydrogen-bond donors (Lipinski definition) is 1. The van der Waals surface area contributed by atoms with Crippen LogP contribution in [0.4, 0.5) is 5.82 Å². The number of carbonyl (C=O) groups is 1. The summed E-state index contributed by atoms with van der Waals surface area (Å²) in [5.74, 6) is 1.16. The molecule has 0 aliphatic carbocycles. The van der Waals surface area contributed by atoms with Crippen LogP contribution in [0.5, 0.6) is 0 Å². The van der Waals surface area contributed by atoms with Gasteiger partial charge in [-0.25, -0.2) is 9.97 Å². The first kappa shape index (κ1) is 14.2. The van der Waals surface area contributed by atoms with Crippen LogP contribution in [0.3, 0.4) is 0 Å². The first-order valence-corrected chi connectivity index (χ1v) is 6.92. The largest absolute Gasteiger partial charge is 0.396 e. The van der Waals surface area contributed by atoms with Gasteiger partial charge < -0.3 is 10.0 Å². The molecule has 2 rings (SSSR count). The van der Waals surface area contributed by atoms with E-state index in [4.69, 9.17) is 16.7 Å². The van der Waals surface area contributed by atoms with Crippen molar-refractivity contribution in [2.75, 3.05) is 18.1 Å². The normalized spacial score (nSPS) is 19.5. The summed E-state index contributed by atoms with van der Waals surface area (Å²) in [4.78, 5) is 21.7. The number of nitrogens with zero attached hydrogens (tertiary/aromatic N) is 3. The van der Waals surface area contributed by atoms with Crippen LogP contribution in [0.15, 0.2) is 0 Å². The van der Waals surface area contributed by atoms with Gasteiger partial charge in [-0.2, -0.15) is 0 Å². The highest BCUT2D eigenvalue weighted by Gasteiger charge is 2.26. The number of aliphatic hydroxyl groups excluding tert-OH is 1. The molecule has 2 heterocycles. The molecule has 1 saturated heterocycles. The van der Waals surface area contributed by atoms with E-state index in [2.05, 4.69) is 14.9 Å². The third-order valence-corrected chi connectivity index (χ3v) is 3.76. The average Bonchev–Trinajstić information content (AvgIpc) is 2.39. The van der Waals surface area contributed by atoms with Gasteiger partial charge in [-0.15, -0.1) is 0 Å². The summed E-state index contributed by atoms with van der Waals surface area (Å²) >= 11 is 6.02. The highest BCUT2D eigenvalue weighted by Crippen LogP contribution is 2.29. The van der Waals surface area contributed by atoms with Crippen molar-refractivity contribution < 1.29 is 9.90 Å². The van der Waals surface area contributed by atoms with Gasteiger partial charge >= 0.3 is 0 Å². The van der Waals surface area contributed by atoms with Crippen LogP contribution in [0, 0.1) is 6.92 Å². The van der Waals surface area contributed by atoms with E-state index >= 15 is 0 Å². The Morgan fingerprint density at radius 2 is 2.26 bits per heavy atom. The Kier molecular flexibility index (Phi) is 4.71. The van der Waals surface area contributed by atoms with Crippen LogP contribution in [0.2, 0.25) is 5.15 Å². The smallest absolute Gasteiger partial charge is 0.156 e. The molecular weight excluding hydrogens is 266 g/mol. The molecule has 1 aromatic heterocycles. The monoisotopic (exact) mass is 283 g/mol. The van der Waals surface area contributed by atoms with E-state index in [9.17, 15) is 4.79 Å². The number of carbonyl (C=O) groups excluding carboxylic acids is 1. The second-order valence-corrected chi connectivity index (χ2v) is 5.13. The van der Waals surface area contributed by atoms with E-state index < -0.39 is 0 Å². The summed E-state index contributed by atoms with van der Waals surface area (Å²) in [7, 11) is 0. The van der Waals surface area contributed by atoms with Crippen molar-refractivity contribution in [1.29, 1.82) is 0 Å². The van der Waals surface area contributed by atoms with Crippen molar-refractivity contribution in [3.63, 3.8) is 0 Å². The predicted octanol–water partition coefficient (Wildman–Crippen LogP) is 1.99. The van der Waals surface area contributed by atoms with Crippen LogP contribution < -0.4 is 4.90 Å². The number of aromatic nitrogens is 2. The number of anilines is 1.